The van der Waals surface area contributed by atoms with Gasteiger partial charge >= 0.3 is 0 Å². The molecule has 3 heteroatoms. The zero-order valence-electron chi connectivity index (χ0n) is 8.24. The number of carbonyl (C=O) groups excluding carboxylic acids is 1. The van der Waals surface area contributed by atoms with Crippen molar-refractivity contribution < 1.29 is 4.79 Å². The van der Waals surface area contributed by atoms with Crippen molar-refractivity contribution in [1.29, 1.82) is 0 Å². The van der Waals surface area contributed by atoms with E-state index in [-0.39, 0.29) is 0 Å². The van der Waals surface area contributed by atoms with E-state index in [0.717, 1.165) is 26.4 Å². The van der Waals surface area contributed by atoms with Crippen molar-refractivity contribution in [3.8, 4) is 0 Å². The number of aldehydes is 1. The molecule has 1 nitrogen and oxygen atoms in total. The summed E-state index contributed by atoms with van der Waals surface area (Å²) in [5, 5.41) is 2.36. The van der Waals surface area contributed by atoms with Crippen LogP contribution in [-0.2, 0) is 0 Å². The molecule has 3 aromatic rings. The number of rotatable bonds is 1. The number of hydrogen-bond acceptors (Lipinski definition) is 2. The SMILES string of the molecule is O=Cc1cccc2c1sc1c(Br)cccc12. The van der Waals surface area contributed by atoms with Gasteiger partial charge in [0.1, 0.15) is 0 Å². The van der Waals surface area contributed by atoms with E-state index in [1.807, 2.05) is 24.3 Å². The highest BCUT2D eigenvalue weighted by Crippen LogP contribution is 2.38. The topological polar surface area (TPSA) is 17.1 Å². The fraction of sp³-hybridized carbons (Fsp3) is 0. The monoisotopic (exact) mass is 290 g/mol. The molecule has 0 atom stereocenters. The zero-order chi connectivity index (χ0) is 11.1. The second kappa shape index (κ2) is 3.68. The first kappa shape index (κ1) is 10.00. The highest BCUT2D eigenvalue weighted by molar-refractivity contribution is 9.10. The van der Waals surface area contributed by atoms with Crippen LogP contribution in [0.15, 0.2) is 40.9 Å². The molecule has 1 aromatic heterocycles. The minimum absolute atomic E-state index is 0.769. The highest BCUT2D eigenvalue weighted by Gasteiger charge is 2.09. The van der Waals surface area contributed by atoms with Gasteiger partial charge in [-0.25, -0.2) is 0 Å². The smallest absolute Gasteiger partial charge is 0.151 e. The molecule has 0 spiro atoms. The molecule has 0 bridgehead atoms. The first-order valence-electron chi connectivity index (χ1n) is 4.86. The van der Waals surface area contributed by atoms with Gasteiger partial charge in [0.25, 0.3) is 0 Å². The van der Waals surface area contributed by atoms with Crippen molar-refractivity contribution in [1.82, 2.24) is 0 Å². The Morgan fingerprint density at radius 1 is 1.00 bits per heavy atom. The second-order valence-corrected chi connectivity index (χ2v) is 5.44. The highest BCUT2D eigenvalue weighted by atomic mass is 79.9. The molecule has 0 amide bonds. The van der Waals surface area contributed by atoms with Crippen molar-refractivity contribution in [2.45, 2.75) is 0 Å². The quantitative estimate of drug-likeness (QED) is 0.597. The molecule has 0 fully saturated rings. The molecule has 2 aromatic carbocycles. The second-order valence-electron chi connectivity index (χ2n) is 3.56. The Bertz CT molecular complexity index is 700. The minimum atomic E-state index is 0.769. The summed E-state index contributed by atoms with van der Waals surface area (Å²) in [6.07, 6.45) is 0.922. The molecule has 0 aliphatic carbocycles. The summed E-state index contributed by atoms with van der Waals surface area (Å²) in [5.41, 5.74) is 0.769. The van der Waals surface area contributed by atoms with Crippen molar-refractivity contribution >= 4 is 53.7 Å². The molecule has 0 aliphatic heterocycles. The Morgan fingerprint density at radius 2 is 1.69 bits per heavy atom. The maximum absolute atomic E-state index is 11.0. The first-order valence-corrected chi connectivity index (χ1v) is 6.47. The average Bonchev–Trinajstić information content (AvgIpc) is 2.69. The van der Waals surface area contributed by atoms with Gasteiger partial charge in [0.15, 0.2) is 6.29 Å². The molecule has 0 saturated carbocycles. The van der Waals surface area contributed by atoms with Gasteiger partial charge in [0.05, 0.1) is 0 Å². The average molecular weight is 291 g/mol. The number of thiophene rings is 1. The van der Waals surface area contributed by atoms with Gasteiger partial charge in [0.2, 0.25) is 0 Å². The molecular formula is C13H7BrOS. The summed E-state index contributed by atoms with van der Waals surface area (Å²) < 4.78 is 3.36. The Labute approximate surface area is 105 Å². The molecule has 0 saturated heterocycles. The number of halogens is 1. The zero-order valence-corrected chi connectivity index (χ0v) is 10.6. The lowest BCUT2D eigenvalue weighted by Crippen LogP contribution is -1.77. The molecule has 0 N–H and O–H groups in total. The van der Waals surface area contributed by atoms with E-state index in [4.69, 9.17) is 0 Å². The first-order chi connectivity index (χ1) is 7.81. The standard InChI is InChI=1S/C13H7BrOS/c14-11-6-2-5-10-9-4-1-3-8(7-15)12(9)16-13(10)11/h1-7H. The largest absolute Gasteiger partial charge is 0.298 e. The van der Waals surface area contributed by atoms with E-state index in [9.17, 15) is 4.79 Å². The van der Waals surface area contributed by atoms with E-state index in [1.165, 1.54) is 10.1 Å². The van der Waals surface area contributed by atoms with Crippen LogP contribution in [0.3, 0.4) is 0 Å². The number of hydrogen-bond donors (Lipinski definition) is 0. The lowest BCUT2D eigenvalue weighted by atomic mass is 10.1. The third kappa shape index (κ3) is 1.32. The van der Waals surface area contributed by atoms with E-state index in [1.54, 1.807) is 11.3 Å². The predicted molar refractivity (Wildman–Crippen MR) is 72.4 cm³/mol. The molecule has 0 radical (unpaired) electrons. The molecule has 16 heavy (non-hydrogen) atoms. The van der Waals surface area contributed by atoms with Crippen LogP contribution in [0.4, 0.5) is 0 Å². The Morgan fingerprint density at radius 3 is 2.44 bits per heavy atom. The van der Waals surface area contributed by atoms with Gasteiger partial charge in [-0.15, -0.1) is 11.3 Å². The van der Waals surface area contributed by atoms with Gasteiger partial charge in [-0.05, 0) is 22.0 Å². The van der Waals surface area contributed by atoms with Crippen molar-refractivity contribution in [3.63, 3.8) is 0 Å². The minimum Gasteiger partial charge on any atom is -0.298 e. The van der Waals surface area contributed by atoms with Gasteiger partial charge in [-0.2, -0.15) is 0 Å². The number of carbonyl (C=O) groups is 1. The molecular weight excluding hydrogens is 284 g/mol. The lowest BCUT2D eigenvalue weighted by Gasteiger charge is -1.93. The number of fused-ring (bicyclic) bond motifs is 3. The van der Waals surface area contributed by atoms with Gasteiger partial charge in [-0.3, -0.25) is 4.79 Å². The van der Waals surface area contributed by atoms with Crippen LogP contribution in [0, 0.1) is 0 Å². The maximum Gasteiger partial charge on any atom is 0.151 e. The van der Waals surface area contributed by atoms with E-state index >= 15 is 0 Å². The van der Waals surface area contributed by atoms with Crippen LogP contribution >= 0.6 is 27.3 Å². The Hall–Kier alpha value is -1.19. The predicted octanol–water partition coefficient (Wildman–Crippen LogP) is 4.63. The van der Waals surface area contributed by atoms with Crippen LogP contribution in [0.2, 0.25) is 0 Å². The van der Waals surface area contributed by atoms with Crippen molar-refractivity contribution in [2.75, 3.05) is 0 Å². The Balaban J connectivity index is 2.60. The van der Waals surface area contributed by atoms with Crippen molar-refractivity contribution in [2.24, 2.45) is 0 Å². The van der Waals surface area contributed by atoms with Crippen molar-refractivity contribution in [3.05, 3.63) is 46.4 Å². The molecule has 78 valence electrons. The summed E-state index contributed by atoms with van der Waals surface area (Å²) >= 11 is 5.20. The summed E-state index contributed by atoms with van der Waals surface area (Å²) in [4.78, 5) is 11.0. The van der Waals surface area contributed by atoms with Gasteiger partial charge in [-0.1, -0.05) is 30.3 Å². The fourth-order valence-corrected chi connectivity index (χ4v) is 3.69. The molecule has 0 aliphatic rings. The maximum atomic E-state index is 11.0. The van der Waals surface area contributed by atoms with Crippen LogP contribution in [0.25, 0.3) is 20.2 Å². The lowest BCUT2D eigenvalue weighted by molar-refractivity contribution is 0.112. The molecule has 1 heterocycles. The van der Waals surface area contributed by atoms with Crippen LogP contribution < -0.4 is 0 Å². The van der Waals surface area contributed by atoms with E-state index in [0.29, 0.717) is 0 Å². The summed E-state index contributed by atoms with van der Waals surface area (Å²) in [7, 11) is 0. The molecule has 0 unspecified atom stereocenters. The third-order valence-electron chi connectivity index (χ3n) is 2.63. The van der Waals surface area contributed by atoms with E-state index < -0.39 is 0 Å². The van der Waals surface area contributed by atoms with Gasteiger partial charge < -0.3 is 0 Å². The number of benzene rings is 2. The Kier molecular flexibility index (Phi) is 2.30. The summed E-state index contributed by atoms with van der Waals surface area (Å²) in [6.45, 7) is 0. The normalized spacial score (nSPS) is 11.1. The third-order valence-corrected chi connectivity index (χ3v) is 4.86. The summed E-state index contributed by atoms with van der Waals surface area (Å²) in [5.74, 6) is 0. The van der Waals surface area contributed by atoms with Crippen LogP contribution in [0.5, 0.6) is 0 Å². The fourth-order valence-electron chi connectivity index (χ4n) is 1.90. The molecule has 3 rings (SSSR count). The summed E-state index contributed by atoms with van der Waals surface area (Å²) in [6, 6.07) is 12.0. The van der Waals surface area contributed by atoms with Gasteiger partial charge in [0, 0.05) is 30.2 Å². The van der Waals surface area contributed by atoms with Crippen LogP contribution in [-0.4, -0.2) is 6.29 Å². The van der Waals surface area contributed by atoms with E-state index in [2.05, 4.69) is 28.1 Å². The van der Waals surface area contributed by atoms with Crippen LogP contribution in [0.1, 0.15) is 10.4 Å².